The Labute approximate surface area is 68.3 Å². The molecule has 1 aromatic rings. The number of carbonyl (C=O) groups is 1. The highest BCUT2D eigenvalue weighted by Crippen LogP contribution is 1.99. The van der Waals surface area contributed by atoms with Crippen molar-refractivity contribution in [1.29, 1.82) is 0 Å². The molecule has 0 aliphatic heterocycles. The lowest BCUT2D eigenvalue weighted by Gasteiger charge is -1.96. The van der Waals surface area contributed by atoms with Crippen LogP contribution in [-0.4, -0.2) is 20.7 Å². The van der Waals surface area contributed by atoms with Crippen molar-refractivity contribution < 1.29 is 4.79 Å². The third kappa shape index (κ3) is 1.54. The van der Waals surface area contributed by atoms with Crippen molar-refractivity contribution in [1.82, 2.24) is 15.0 Å². The second-order valence-corrected chi connectivity index (χ2v) is 1.94. The van der Waals surface area contributed by atoms with Crippen molar-refractivity contribution in [2.45, 2.75) is 0 Å². The largest absolute Gasteiger partial charge is 0.368 e. The quantitative estimate of drug-likeness (QED) is 0.447. The van der Waals surface area contributed by atoms with Crippen molar-refractivity contribution in [3.8, 4) is 0 Å². The van der Waals surface area contributed by atoms with Crippen LogP contribution in [0.5, 0.6) is 0 Å². The summed E-state index contributed by atoms with van der Waals surface area (Å²) in [5.41, 5.74) is 10.4. The average molecular weight is 165 g/mol. The topological polar surface area (TPSA) is 108 Å². The second kappa shape index (κ2) is 2.95. The predicted molar refractivity (Wildman–Crippen MR) is 43.2 cm³/mol. The number of anilines is 2. The molecule has 1 aromatic heterocycles. The van der Waals surface area contributed by atoms with Crippen LogP contribution in [0.15, 0.2) is 12.7 Å². The molecule has 0 saturated carbocycles. The van der Waals surface area contributed by atoms with E-state index in [9.17, 15) is 4.79 Å². The normalized spacial score (nSPS) is 9.33. The zero-order valence-electron chi connectivity index (χ0n) is 6.19. The molecule has 1 rings (SSSR count). The molecule has 12 heavy (non-hydrogen) atoms. The van der Waals surface area contributed by atoms with E-state index in [1.807, 2.05) is 0 Å². The monoisotopic (exact) mass is 165 g/mol. The Bertz CT molecular complexity index is 314. The van der Waals surface area contributed by atoms with E-state index in [1.54, 1.807) is 0 Å². The Hall–Kier alpha value is -1.98. The number of nitrogen functional groups attached to an aromatic ring is 2. The van der Waals surface area contributed by atoms with Crippen molar-refractivity contribution in [2.24, 2.45) is 0 Å². The van der Waals surface area contributed by atoms with Gasteiger partial charge in [-0.1, -0.05) is 6.58 Å². The highest BCUT2D eigenvalue weighted by atomic mass is 16.1. The number of ketones is 1. The molecule has 1 heterocycles. The van der Waals surface area contributed by atoms with Gasteiger partial charge in [0.1, 0.15) is 0 Å². The maximum Gasteiger partial charge on any atom is 0.225 e. The van der Waals surface area contributed by atoms with Crippen LogP contribution in [0.4, 0.5) is 11.9 Å². The Balaban J connectivity index is 3.17. The summed E-state index contributed by atoms with van der Waals surface area (Å²) in [5.74, 6) is -0.675. The summed E-state index contributed by atoms with van der Waals surface area (Å²) in [6.45, 7) is 3.26. The number of nitrogens with two attached hydrogens (primary N) is 2. The molecule has 0 aromatic carbocycles. The van der Waals surface area contributed by atoms with E-state index in [4.69, 9.17) is 11.5 Å². The Morgan fingerprint density at radius 3 is 2.17 bits per heavy atom. The lowest BCUT2D eigenvalue weighted by atomic mass is 10.4. The van der Waals surface area contributed by atoms with E-state index in [0.717, 1.165) is 6.08 Å². The van der Waals surface area contributed by atoms with Crippen LogP contribution in [0, 0.1) is 0 Å². The van der Waals surface area contributed by atoms with Gasteiger partial charge in [-0.2, -0.15) is 15.0 Å². The van der Waals surface area contributed by atoms with Gasteiger partial charge in [-0.05, 0) is 6.08 Å². The van der Waals surface area contributed by atoms with Gasteiger partial charge in [0.25, 0.3) is 0 Å². The van der Waals surface area contributed by atoms with Gasteiger partial charge in [0.15, 0.2) is 0 Å². The average Bonchev–Trinajstić information content (AvgIpc) is 2.01. The van der Waals surface area contributed by atoms with Crippen LogP contribution in [0.25, 0.3) is 0 Å². The molecule has 0 amide bonds. The zero-order valence-corrected chi connectivity index (χ0v) is 6.19. The minimum atomic E-state index is -0.434. The molecule has 6 heteroatoms. The summed E-state index contributed by atoms with van der Waals surface area (Å²) in [5, 5.41) is 0. The van der Waals surface area contributed by atoms with Gasteiger partial charge < -0.3 is 11.5 Å². The molecule has 0 fully saturated rings. The molecule has 62 valence electrons. The molecular formula is C6H7N5O. The summed E-state index contributed by atoms with van der Waals surface area (Å²) >= 11 is 0. The summed E-state index contributed by atoms with van der Waals surface area (Å²) in [4.78, 5) is 21.6. The maximum absolute atomic E-state index is 10.9. The van der Waals surface area contributed by atoms with E-state index in [1.165, 1.54) is 0 Å². The van der Waals surface area contributed by atoms with E-state index < -0.39 is 5.78 Å². The first-order valence-electron chi connectivity index (χ1n) is 3.07. The number of aromatic nitrogens is 3. The van der Waals surface area contributed by atoms with Gasteiger partial charge in [0.2, 0.25) is 23.5 Å². The first-order chi connectivity index (χ1) is 5.63. The first kappa shape index (κ1) is 8.12. The van der Waals surface area contributed by atoms with E-state index in [2.05, 4.69) is 21.5 Å². The van der Waals surface area contributed by atoms with Gasteiger partial charge >= 0.3 is 0 Å². The van der Waals surface area contributed by atoms with Crippen molar-refractivity contribution in [3.63, 3.8) is 0 Å². The fourth-order valence-corrected chi connectivity index (χ4v) is 0.611. The number of carbonyl (C=O) groups excluding carboxylic acids is 1. The minimum absolute atomic E-state index is 0.0762. The van der Waals surface area contributed by atoms with Gasteiger partial charge in [-0.15, -0.1) is 0 Å². The number of allylic oxidation sites excluding steroid dienone is 1. The molecule has 0 saturated heterocycles. The second-order valence-electron chi connectivity index (χ2n) is 1.94. The summed E-state index contributed by atoms with van der Waals surface area (Å²) in [6, 6.07) is 0. The minimum Gasteiger partial charge on any atom is -0.368 e. The van der Waals surface area contributed by atoms with Gasteiger partial charge in [-0.25, -0.2) is 0 Å². The molecule has 0 atom stereocenters. The predicted octanol–water partition coefficient (Wildman–Crippen LogP) is -0.595. The number of hydrogen-bond donors (Lipinski definition) is 2. The fraction of sp³-hybridized carbons (Fsp3) is 0. The lowest BCUT2D eigenvalue weighted by Crippen LogP contribution is -2.10. The van der Waals surface area contributed by atoms with Crippen LogP contribution in [0.2, 0.25) is 0 Å². The summed E-state index contributed by atoms with van der Waals surface area (Å²) in [6.07, 6.45) is 1.08. The molecule has 0 radical (unpaired) electrons. The Morgan fingerprint density at radius 2 is 1.75 bits per heavy atom. The van der Waals surface area contributed by atoms with Crippen molar-refractivity contribution in [2.75, 3.05) is 11.5 Å². The summed E-state index contributed by atoms with van der Waals surface area (Å²) < 4.78 is 0. The van der Waals surface area contributed by atoms with Crippen molar-refractivity contribution in [3.05, 3.63) is 18.5 Å². The van der Waals surface area contributed by atoms with E-state index >= 15 is 0 Å². The molecule has 0 spiro atoms. The molecule has 0 bridgehead atoms. The fourth-order valence-electron chi connectivity index (χ4n) is 0.611. The highest BCUT2D eigenvalue weighted by molar-refractivity contribution is 6.01. The summed E-state index contributed by atoms with van der Waals surface area (Å²) in [7, 11) is 0. The van der Waals surface area contributed by atoms with Gasteiger partial charge in [-0.3, -0.25) is 4.79 Å². The molecular weight excluding hydrogens is 158 g/mol. The molecule has 4 N–H and O–H groups in total. The van der Waals surface area contributed by atoms with Crippen molar-refractivity contribution >= 4 is 17.7 Å². The standard InChI is InChI=1S/C6H7N5O/c1-2-3(12)4-9-5(7)11-6(8)10-4/h2H,1H2,(H4,7,8,9,10,11). The molecule has 0 unspecified atom stereocenters. The van der Waals surface area contributed by atoms with Gasteiger partial charge in [0.05, 0.1) is 0 Å². The van der Waals surface area contributed by atoms with Crippen LogP contribution in [0.3, 0.4) is 0 Å². The van der Waals surface area contributed by atoms with Crippen LogP contribution >= 0.6 is 0 Å². The maximum atomic E-state index is 10.9. The third-order valence-corrected chi connectivity index (χ3v) is 1.08. The number of hydrogen-bond acceptors (Lipinski definition) is 6. The van der Waals surface area contributed by atoms with Gasteiger partial charge in [0, 0.05) is 0 Å². The SMILES string of the molecule is C=CC(=O)c1nc(N)nc(N)n1. The van der Waals surface area contributed by atoms with Crippen LogP contribution < -0.4 is 11.5 Å². The number of nitrogens with zero attached hydrogens (tertiary/aromatic N) is 3. The molecule has 6 nitrogen and oxygen atoms in total. The molecule has 0 aliphatic carbocycles. The third-order valence-electron chi connectivity index (χ3n) is 1.08. The zero-order chi connectivity index (χ0) is 9.14. The lowest BCUT2D eigenvalue weighted by molar-refractivity contribution is 0.103. The molecule has 0 aliphatic rings. The van der Waals surface area contributed by atoms with E-state index in [-0.39, 0.29) is 17.7 Å². The number of rotatable bonds is 2. The van der Waals surface area contributed by atoms with Crippen LogP contribution in [-0.2, 0) is 0 Å². The van der Waals surface area contributed by atoms with E-state index in [0.29, 0.717) is 0 Å². The highest BCUT2D eigenvalue weighted by Gasteiger charge is 2.06. The van der Waals surface area contributed by atoms with Crippen LogP contribution in [0.1, 0.15) is 10.6 Å². The Morgan fingerprint density at radius 1 is 1.25 bits per heavy atom. The Kier molecular flexibility index (Phi) is 2.00. The first-order valence-corrected chi connectivity index (χ1v) is 3.07. The smallest absolute Gasteiger partial charge is 0.225 e.